The van der Waals surface area contributed by atoms with E-state index < -0.39 is 0 Å². The van der Waals surface area contributed by atoms with Crippen molar-refractivity contribution in [2.24, 2.45) is 17.8 Å². The number of aromatic nitrogens is 2. The first-order valence-corrected chi connectivity index (χ1v) is 5.15. The lowest BCUT2D eigenvalue weighted by molar-refractivity contribution is 0.298. The summed E-state index contributed by atoms with van der Waals surface area (Å²) in [4.78, 5) is 5.98. The Morgan fingerprint density at radius 3 is 2.71 bits per heavy atom. The maximum Gasteiger partial charge on any atom is 0.188 e. The van der Waals surface area contributed by atoms with Crippen LogP contribution in [0.5, 0.6) is 0 Å². The molecule has 1 aromatic rings. The van der Waals surface area contributed by atoms with E-state index >= 15 is 0 Å². The van der Waals surface area contributed by atoms with Crippen LogP contribution in [-0.2, 0) is 7.05 Å². The van der Waals surface area contributed by atoms with Crippen molar-refractivity contribution in [1.82, 2.24) is 20.0 Å². The topological polar surface area (TPSA) is 71.5 Å². The molecule has 0 radical (unpaired) electrons. The predicted octanol–water partition coefficient (Wildman–Crippen LogP) is 0.175. The highest BCUT2D eigenvalue weighted by Gasteiger charge is 2.15. The van der Waals surface area contributed by atoms with Crippen LogP contribution in [0.4, 0.5) is 0 Å². The lowest BCUT2D eigenvalue weighted by Crippen LogP contribution is -2.38. The Morgan fingerprint density at radius 1 is 1.65 bits per heavy atom. The van der Waals surface area contributed by atoms with Crippen LogP contribution in [0.1, 0.15) is 11.6 Å². The third-order valence-electron chi connectivity index (χ3n) is 2.45. The second-order valence-electron chi connectivity index (χ2n) is 3.92. The van der Waals surface area contributed by atoms with Crippen molar-refractivity contribution in [2.45, 2.75) is 6.04 Å². The number of nitrogens with two attached hydrogens (primary N) is 1. The molecule has 1 unspecified atom stereocenters. The summed E-state index contributed by atoms with van der Waals surface area (Å²) < 4.78 is 1.79. The molecule has 3 N–H and O–H groups in total. The van der Waals surface area contributed by atoms with Crippen LogP contribution in [-0.4, -0.2) is 48.3 Å². The molecular weight excluding hydrogens is 331 g/mol. The van der Waals surface area contributed by atoms with Gasteiger partial charge in [-0.1, -0.05) is 0 Å². The number of guanidine groups is 1. The first-order chi connectivity index (χ1) is 7.54. The summed E-state index contributed by atoms with van der Waals surface area (Å²) in [5, 5.41) is 7.24. The number of aliphatic imine (C=N–C) groups is 1. The second kappa shape index (κ2) is 7.49. The van der Waals surface area contributed by atoms with E-state index in [0.717, 1.165) is 5.56 Å². The lowest BCUT2D eigenvalue weighted by atomic mass is 10.1. The van der Waals surface area contributed by atoms with Crippen molar-refractivity contribution in [1.29, 1.82) is 0 Å². The zero-order valence-corrected chi connectivity index (χ0v) is 13.0. The molecule has 0 amide bonds. The summed E-state index contributed by atoms with van der Waals surface area (Å²) in [5.74, 6) is 0.454. The van der Waals surface area contributed by atoms with Gasteiger partial charge < -0.3 is 16.0 Å². The highest BCUT2D eigenvalue weighted by atomic mass is 127. The summed E-state index contributed by atoms with van der Waals surface area (Å²) in [6, 6.07) is 0.231. The Labute approximate surface area is 119 Å². The largest absolute Gasteiger partial charge is 0.370 e. The molecule has 0 aliphatic heterocycles. The molecule has 0 spiro atoms. The smallest absolute Gasteiger partial charge is 0.188 e. The van der Waals surface area contributed by atoms with E-state index in [1.807, 2.05) is 33.5 Å². The SMILES string of the molecule is CN=C(N)NCC(c1cnn(C)c1)N(C)C.I. The summed E-state index contributed by atoms with van der Waals surface area (Å²) in [6.07, 6.45) is 3.87. The number of aryl methyl sites for hydroxylation is 1. The van der Waals surface area contributed by atoms with Crippen LogP contribution in [0.25, 0.3) is 0 Å². The Balaban J connectivity index is 0.00000256. The predicted molar refractivity (Wildman–Crippen MR) is 80.6 cm³/mol. The first-order valence-electron chi connectivity index (χ1n) is 5.15. The third kappa shape index (κ3) is 4.90. The standard InChI is InChI=1S/C10H20N6.HI/c1-12-10(11)13-6-9(15(2)3)8-5-14-16(4)7-8;/h5,7,9H,6H2,1-4H3,(H3,11,12,13);1H. The fourth-order valence-corrected chi connectivity index (χ4v) is 1.49. The van der Waals surface area contributed by atoms with Gasteiger partial charge in [0.1, 0.15) is 0 Å². The molecule has 1 atom stereocenters. The van der Waals surface area contributed by atoms with E-state index in [0.29, 0.717) is 12.5 Å². The van der Waals surface area contributed by atoms with Gasteiger partial charge in [-0.05, 0) is 14.1 Å². The summed E-state index contributed by atoms with van der Waals surface area (Å²) in [5.41, 5.74) is 6.76. The van der Waals surface area contributed by atoms with E-state index in [1.54, 1.807) is 11.7 Å². The molecule has 0 aliphatic carbocycles. The van der Waals surface area contributed by atoms with Crippen molar-refractivity contribution < 1.29 is 0 Å². The van der Waals surface area contributed by atoms with Crippen molar-refractivity contribution in [3.05, 3.63) is 18.0 Å². The molecular formula is C10H21IN6. The minimum Gasteiger partial charge on any atom is -0.370 e. The Bertz CT molecular complexity index is 359. The molecule has 0 aromatic carbocycles. The molecule has 1 heterocycles. The molecule has 0 saturated carbocycles. The molecule has 6 nitrogen and oxygen atoms in total. The Morgan fingerprint density at radius 2 is 2.29 bits per heavy atom. The van der Waals surface area contributed by atoms with Crippen LogP contribution >= 0.6 is 24.0 Å². The summed E-state index contributed by atoms with van der Waals surface area (Å²) in [7, 11) is 7.62. The highest BCUT2D eigenvalue weighted by Crippen LogP contribution is 2.15. The van der Waals surface area contributed by atoms with E-state index in [9.17, 15) is 0 Å². The van der Waals surface area contributed by atoms with Crippen molar-refractivity contribution in [3.8, 4) is 0 Å². The van der Waals surface area contributed by atoms with E-state index in [-0.39, 0.29) is 30.0 Å². The highest BCUT2D eigenvalue weighted by molar-refractivity contribution is 14.0. The monoisotopic (exact) mass is 352 g/mol. The van der Waals surface area contributed by atoms with Gasteiger partial charge in [0, 0.05) is 32.4 Å². The lowest BCUT2D eigenvalue weighted by Gasteiger charge is -2.23. The van der Waals surface area contributed by atoms with Crippen molar-refractivity contribution in [3.63, 3.8) is 0 Å². The number of rotatable bonds is 4. The Kier molecular flexibility index (Phi) is 7.12. The summed E-state index contributed by atoms with van der Waals surface area (Å²) >= 11 is 0. The maximum absolute atomic E-state index is 5.60. The van der Waals surface area contributed by atoms with E-state index in [1.165, 1.54) is 0 Å². The van der Waals surface area contributed by atoms with Crippen molar-refractivity contribution >= 4 is 29.9 Å². The van der Waals surface area contributed by atoms with Gasteiger partial charge in [0.05, 0.1) is 12.2 Å². The fraction of sp³-hybridized carbons (Fsp3) is 0.600. The van der Waals surface area contributed by atoms with Crippen LogP contribution in [0.3, 0.4) is 0 Å². The van der Waals surface area contributed by atoms with Gasteiger partial charge in [0.25, 0.3) is 0 Å². The van der Waals surface area contributed by atoms with Gasteiger partial charge in [0.15, 0.2) is 5.96 Å². The van der Waals surface area contributed by atoms with E-state index in [2.05, 4.69) is 20.3 Å². The molecule has 0 saturated heterocycles. The number of nitrogens with one attached hydrogen (secondary N) is 1. The quantitative estimate of drug-likeness (QED) is 0.461. The molecule has 0 aliphatic rings. The molecule has 0 bridgehead atoms. The van der Waals surface area contributed by atoms with E-state index in [4.69, 9.17) is 5.73 Å². The van der Waals surface area contributed by atoms with Crippen LogP contribution < -0.4 is 11.1 Å². The summed E-state index contributed by atoms with van der Waals surface area (Å²) in [6.45, 7) is 0.710. The fourth-order valence-electron chi connectivity index (χ4n) is 1.49. The molecule has 98 valence electrons. The molecule has 1 rings (SSSR count). The first kappa shape index (κ1) is 16.2. The normalized spacial score (nSPS) is 13.4. The number of hydrogen-bond donors (Lipinski definition) is 2. The maximum atomic E-state index is 5.60. The number of hydrogen-bond acceptors (Lipinski definition) is 3. The average molecular weight is 352 g/mol. The van der Waals surface area contributed by atoms with Gasteiger partial charge in [0.2, 0.25) is 0 Å². The van der Waals surface area contributed by atoms with Gasteiger partial charge in [-0.2, -0.15) is 5.10 Å². The van der Waals surface area contributed by atoms with Gasteiger partial charge >= 0.3 is 0 Å². The van der Waals surface area contributed by atoms with Crippen LogP contribution in [0.2, 0.25) is 0 Å². The minimum absolute atomic E-state index is 0. The number of halogens is 1. The van der Waals surface area contributed by atoms with Crippen LogP contribution in [0.15, 0.2) is 17.4 Å². The van der Waals surface area contributed by atoms with Crippen LogP contribution in [0, 0.1) is 0 Å². The third-order valence-corrected chi connectivity index (χ3v) is 2.45. The van der Waals surface area contributed by atoms with Gasteiger partial charge in [-0.25, -0.2) is 0 Å². The zero-order chi connectivity index (χ0) is 12.1. The molecule has 0 fully saturated rings. The minimum atomic E-state index is 0. The average Bonchev–Trinajstić information content (AvgIpc) is 2.64. The number of likely N-dealkylation sites (N-methyl/N-ethyl adjacent to an activating group) is 1. The molecule has 1 aromatic heterocycles. The molecule has 17 heavy (non-hydrogen) atoms. The zero-order valence-electron chi connectivity index (χ0n) is 10.7. The second-order valence-corrected chi connectivity index (χ2v) is 3.92. The molecule has 7 heteroatoms. The van der Waals surface area contributed by atoms with Gasteiger partial charge in [-0.15, -0.1) is 24.0 Å². The van der Waals surface area contributed by atoms with Crippen molar-refractivity contribution in [2.75, 3.05) is 27.7 Å². The Hall–Kier alpha value is -0.830. The number of nitrogens with zero attached hydrogens (tertiary/aromatic N) is 4. The van der Waals surface area contributed by atoms with Gasteiger partial charge in [-0.3, -0.25) is 9.67 Å².